The summed E-state index contributed by atoms with van der Waals surface area (Å²) in [6.45, 7) is 5.32. The maximum atomic E-state index is 12.7. The van der Waals surface area contributed by atoms with Crippen LogP contribution < -0.4 is 0 Å². The van der Waals surface area contributed by atoms with Crippen LogP contribution in [-0.4, -0.2) is 43.6 Å². The van der Waals surface area contributed by atoms with Crippen LogP contribution in [0.1, 0.15) is 39.7 Å². The first kappa shape index (κ1) is 17.8. The Labute approximate surface area is 161 Å². The lowest BCUT2D eigenvalue weighted by atomic mass is 9.94. The summed E-state index contributed by atoms with van der Waals surface area (Å²) in [4.78, 5) is 19.8. The summed E-state index contributed by atoms with van der Waals surface area (Å²) >= 11 is 1.17. The van der Waals surface area contributed by atoms with Crippen molar-refractivity contribution in [1.82, 2.24) is 24.6 Å². The van der Waals surface area contributed by atoms with Gasteiger partial charge in [0, 0.05) is 25.1 Å². The summed E-state index contributed by atoms with van der Waals surface area (Å²) in [7, 11) is 0. The largest absolute Gasteiger partial charge is 0.339 e. The number of aromatic nitrogens is 4. The second-order valence-corrected chi connectivity index (χ2v) is 7.73. The first-order valence-corrected chi connectivity index (χ1v) is 9.86. The Bertz CT molecular complexity index is 951. The summed E-state index contributed by atoms with van der Waals surface area (Å²) in [5, 5.41) is 8.08. The second kappa shape index (κ2) is 7.56. The molecule has 0 saturated carbocycles. The van der Waals surface area contributed by atoms with Gasteiger partial charge < -0.3 is 9.42 Å². The number of nitrogens with zero attached hydrogens (tertiary/aromatic N) is 5. The van der Waals surface area contributed by atoms with Crippen molar-refractivity contribution < 1.29 is 9.32 Å². The van der Waals surface area contributed by atoms with Crippen LogP contribution in [0.2, 0.25) is 0 Å². The summed E-state index contributed by atoms with van der Waals surface area (Å²) < 4.78 is 9.36. The molecule has 1 atom stereocenters. The molecule has 0 unspecified atom stereocenters. The van der Waals surface area contributed by atoms with Crippen LogP contribution in [0.25, 0.3) is 11.4 Å². The normalized spacial score (nSPS) is 17.3. The van der Waals surface area contributed by atoms with E-state index in [0.717, 1.165) is 30.5 Å². The first-order valence-electron chi connectivity index (χ1n) is 9.08. The van der Waals surface area contributed by atoms with E-state index < -0.39 is 0 Å². The molecule has 1 aliphatic rings. The molecule has 1 amide bonds. The lowest BCUT2D eigenvalue weighted by molar-refractivity contribution is 0.0672. The van der Waals surface area contributed by atoms with Crippen molar-refractivity contribution in [3.05, 3.63) is 46.3 Å². The Balaban J connectivity index is 1.44. The van der Waals surface area contributed by atoms with Gasteiger partial charge in [-0.1, -0.05) is 33.9 Å². The van der Waals surface area contributed by atoms with E-state index in [9.17, 15) is 4.79 Å². The van der Waals surface area contributed by atoms with Gasteiger partial charge in [-0.25, -0.2) is 0 Å². The Kier molecular flexibility index (Phi) is 4.98. The zero-order valence-electron chi connectivity index (χ0n) is 15.4. The number of likely N-dealkylation sites (tertiary alicyclic amines) is 1. The Morgan fingerprint density at radius 2 is 2.19 bits per heavy atom. The molecule has 7 nitrogen and oxygen atoms in total. The molecule has 2 aromatic heterocycles. The summed E-state index contributed by atoms with van der Waals surface area (Å²) in [6.07, 6.45) is 2.70. The molecule has 27 heavy (non-hydrogen) atoms. The van der Waals surface area contributed by atoms with E-state index in [-0.39, 0.29) is 5.91 Å². The molecule has 0 aliphatic carbocycles. The number of benzene rings is 1. The smallest absolute Gasteiger partial charge is 0.267 e. The molecule has 0 bridgehead atoms. The molecule has 140 valence electrons. The van der Waals surface area contributed by atoms with Gasteiger partial charge in [-0.15, -0.1) is 5.10 Å². The highest BCUT2D eigenvalue weighted by molar-refractivity contribution is 7.07. The Morgan fingerprint density at radius 3 is 2.96 bits per heavy atom. The molecule has 1 aliphatic heterocycles. The average Bonchev–Trinajstić information content (AvgIpc) is 3.31. The van der Waals surface area contributed by atoms with Gasteiger partial charge in [-0.3, -0.25) is 4.79 Å². The van der Waals surface area contributed by atoms with Crippen LogP contribution in [0.3, 0.4) is 0 Å². The molecule has 1 saturated heterocycles. The maximum absolute atomic E-state index is 12.7. The van der Waals surface area contributed by atoms with Crippen molar-refractivity contribution in [2.45, 2.75) is 33.1 Å². The molecule has 3 heterocycles. The van der Waals surface area contributed by atoms with Gasteiger partial charge in [-0.2, -0.15) is 4.98 Å². The summed E-state index contributed by atoms with van der Waals surface area (Å²) in [5.41, 5.74) is 2.81. The minimum absolute atomic E-state index is 0.0262. The average molecular weight is 383 g/mol. The maximum Gasteiger partial charge on any atom is 0.267 e. The SMILES string of the molecule is Cc1ccccc1-c1noc(C[C@H]2CCCN(C(=O)c3snnc3C)C2)n1. The van der Waals surface area contributed by atoms with E-state index in [0.29, 0.717) is 41.2 Å². The van der Waals surface area contributed by atoms with Gasteiger partial charge in [0.25, 0.3) is 5.91 Å². The predicted octanol–water partition coefficient (Wildman–Crippen LogP) is 3.30. The van der Waals surface area contributed by atoms with Crippen LogP contribution in [0.15, 0.2) is 28.8 Å². The van der Waals surface area contributed by atoms with E-state index in [4.69, 9.17) is 4.52 Å². The van der Waals surface area contributed by atoms with Crippen molar-refractivity contribution in [3.8, 4) is 11.4 Å². The minimum Gasteiger partial charge on any atom is -0.339 e. The quantitative estimate of drug-likeness (QED) is 0.687. The number of amides is 1. The molecule has 3 aromatic rings. The number of carbonyl (C=O) groups is 1. The molecular formula is C19H21N5O2S. The molecule has 8 heteroatoms. The molecule has 0 radical (unpaired) electrons. The predicted molar refractivity (Wildman–Crippen MR) is 101 cm³/mol. The van der Waals surface area contributed by atoms with E-state index in [1.165, 1.54) is 11.5 Å². The van der Waals surface area contributed by atoms with Crippen molar-refractivity contribution in [3.63, 3.8) is 0 Å². The number of carbonyl (C=O) groups excluding carboxylic acids is 1. The molecule has 4 rings (SSSR count). The third-order valence-electron chi connectivity index (χ3n) is 4.97. The lowest BCUT2D eigenvalue weighted by Crippen LogP contribution is -2.40. The van der Waals surface area contributed by atoms with Gasteiger partial charge in [0.2, 0.25) is 11.7 Å². The number of hydrogen-bond acceptors (Lipinski definition) is 7. The summed E-state index contributed by atoms with van der Waals surface area (Å²) in [6, 6.07) is 8.00. The topological polar surface area (TPSA) is 85.0 Å². The van der Waals surface area contributed by atoms with Crippen LogP contribution in [0.5, 0.6) is 0 Å². The van der Waals surface area contributed by atoms with E-state index >= 15 is 0 Å². The van der Waals surface area contributed by atoms with Gasteiger partial charge >= 0.3 is 0 Å². The van der Waals surface area contributed by atoms with Crippen molar-refractivity contribution in [2.75, 3.05) is 13.1 Å². The van der Waals surface area contributed by atoms with E-state index in [1.807, 2.05) is 43.0 Å². The van der Waals surface area contributed by atoms with Crippen molar-refractivity contribution >= 4 is 17.4 Å². The molecule has 1 fully saturated rings. The first-order chi connectivity index (χ1) is 13.1. The van der Waals surface area contributed by atoms with Crippen LogP contribution in [0.4, 0.5) is 0 Å². The van der Waals surface area contributed by atoms with Gasteiger partial charge in [0.15, 0.2) is 0 Å². The van der Waals surface area contributed by atoms with Gasteiger partial charge in [0.1, 0.15) is 4.88 Å². The Hall–Kier alpha value is -2.61. The lowest BCUT2D eigenvalue weighted by Gasteiger charge is -2.31. The molecule has 1 aromatic carbocycles. The minimum atomic E-state index is 0.0262. The van der Waals surface area contributed by atoms with E-state index in [1.54, 1.807) is 0 Å². The Morgan fingerprint density at radius 1 is 1.33 bits per heavy atom. The van der Waals surface area contributed by atoms with Gasteiger partial charge in [-0.05, 0) is 49.7 Å². The zero-order chi connectivity index (χ0) is 18.8. The molecule has 0 N–H and O–H groups in total. The highest BCUT2D eigenvalue weighted by Gasteiger charge is 2.28. The van der Waals surface area contributed by atoms with Crippen molar-refractivity contribution in [1.29, 1.82) is 0 Å². The molecular weight excluding hydrogens is 362 g/mol. The fraction of sp³-hybridized carbons (Fsp3) is 0.421. The number of aryl methyl sites for hydroxylation is 2. The van der Waals surface area contributed by atoms with E-state index in [2.05, 4.69) is 19.7 Å². The molecule has 0 spiro atoms. The van der Waals surface area contributed by atoms with Crippen LogP contribution in [0, 0.1) is 19.8 Å². The number of piperidine rings is 1. The summed E-state index contributed by atoms with van der Waals surface area (Å²) in [5.74, 6) is 1.59. The number of hydrogen-bond donors (Lipinski definition) is 0. The zero-order valence-corrected chi connectivity index (χ0v) is 16.2. The van der Waals surface area contributed by atoms with Crippen molar-refractivity contribution in [2.24, 2.45) is 5.92 Å². The third kappa shape index (κ3) is 3.75. The highest BCUT2D eigenvalue weighted by atomic mass is 32.1. The second-order valence-electron chi connectivity index (χ2n) is 6.98. The fourth-order valence-corrected chi connectivity index (χ4v) is 4.13. The van der Waals surface area contributed by atoms with Gasteiger partial charge in [0.05, 0.1) is 5.69 Å². The monoisotopic (exact) mass is 383 g/mol. The number of rotatable bonds is 4. The van der Waals surface area contributed by atoms with Crippen LogP contribution >= 0.6 is 11.5 Å². The standard InChI is InChI=1S/C19H21N5O2S/c1-12-6-3-4-8-15(12)18-20-16(26-22-18)10-14-7-5-9-24(11-14)19(25)17-13(2)21-23-27-17/h3-4,6,8,14H,5,7,9-11H2,1-2H3/t14-/m1/s1. The van der Waals surface area contributed by atoms with Crippen LogP contribution in [-0.2, 0) is 6.42 Å². The fourth-order valence-electron chi connectivity index (χ4n) is 3.51. The highest BCUT2D eigenvalue weighted by Crippen LogP contribution is 2.25. The third-order valence-corrected chi connectivity index (χ3v) is 5.79.